The summed E-state index contributed by atoms with van der Waals surface area (Å²) in [6, 6.07) is 12.7. The summed E-state index contributed by atoms with van der Waals surface area (Å²) in [5.41, 5.74) is 1.72. The Bertz CT molecular complexity index is 1060. The fraction of sp³-hybridized carbons (Fsp3) is 0.227. The highest BCUT2D eigenvalue weighted by Crippen LogP contribution is 2.31. The number of nitro benzene ring substituents is 1. The number of anilines is 1. The van der Waals surface area contributed by atoms with E-state index >= 15 is 0 Å². The summed E-state index contributed by atoms with van der Waals surface area (Å²) in [7, 11) is 0. The molecule has 0 spiro atoms. The molecular weight excluding hydrogens is 466 g/mol. The van der Waals surface area contributed by atoms with Crippen LogP contribution < -0.4 is 5.01 Å². The number of hydrazone groups is 1. The molecule has 160 valence electrons. The second kappa shape index (κ2) is 9.65. The van der Waals surface area contributed by atoms with Crippen LogP contribution in [0.4, 0.5) is 11.4 Å². The third kappa shape index (κ3) is 5.24. The fourth-order valence-electron chi connectivity index (χ4n) is 3.31. The Morgan fingerprint density at radius 1 is 1.23 bits per heavy atom. The summed E-state index contributed by atoms with van der Waals surface area (Å²) in [5.74, 6) is -2.10. The van der Waals surface area contributed by atoms with Gasteiger partial charge >= 0.3 is 5.97 Å². The number of aliphatic carboxylic acids is 1. The highest BCUT2D eigenvalue weighted by molar-refractivity contribution is 9.10. The molecule has 2 aromatic carbocycles. The van der Waals surface area contributed by atoms with E-state index < -0.39 is 16.8 Å². The van der Waals surface area contributed by atoms with E-state index in [9.17, 15) is 24.8 Å². The number of carboxylic acids is 1. The molecule has 1 N–H and O–H groups in total. The number of carbonyl (C=O) groups excluding carboxylic acids is 1. The van der Waals surface area contributed by atoms with Gasteiger partial charge in [0.25, 0.3) is 11.6 Å². The van der Waals surface area contributed by atoms with Crippen molar-refractivity contribution in [3.05, 3.63) is 74.3 Å². The van der Waals surface area contributed by atoms with Gasteiger partial charge in [-0.3, -0.25) is 14.9 Å². The van der Waals surface area contributed by atoms with Gasteiger partial charge in [0, 0.05) is 22.2 Å². The van der Waals surface area contributed by atoms with Gasteiger partial charge < -0.3 is 5.11 Å². The van der Waals surface area contributed by atoms with Gasteiger partial charge in [0.15, 0.2) is 0 Å². The molecule has 3 rings (SSSR count). The fourth-order valence-corrected chi connectivity index (χ4v) is 3.58. The van der Waals surface area contributed by atoms with Gasteiger partial charge in [-0.25, -0.2) is 9.80 Å². The Morgan fingerprint density at radius 2 is 1.87 bits per heavy atom. The lowest BCUT2D eigenvalue weighted by atomic mass is 9.91. The highest BCUT2D eigenvalue weighted by Gasteiger charge is 2.37. The van der Waals surface area contributed by atoms with Crippen molar-refractivity contribution in [1.82, 2.24) is 0 Å². The standard InChI is InChI=1S/C22H20BrN3O5/c1-2-3-20-19(21(27)25(24-20)17-10-6-16(23)7-11-17)13-15(22(28)29)12-14-4-8-18(9-5-14)26(30)31/h4-12,19H,2-3,13H2,1H3,(H,28,29)/b15-12-. The maximum atomic E-state index is 13.1. The molecule has 0 saturated carbocycles. The van der Waals surface area contributed by atoms with Gasteiger partial charge in [-0.2, -0.15) is 5.10 Å². The molecule has 31 heavy (non-hydrogen) atoms. The van der Waals surface area contributed by atoms with E-state index in [1.54, 1.807) is 12.1 Å². The molecule has 1 unspecified atom stereocenters. The molecule has 0 radical (unpaired) electrons. The molecular formula is C22H20BrN3O5. The van der Waals surface area contributed by atoms with Crippen molar-refractivity contribution in [3.63, 3.8) is 0 Å². The van der Waals surface area contributed by atoms with E-state index in [4.69, 9.17) is 0 Å². The van der Waals surface area contributed by atoms with Gasteiger partial charge in [0.1, 0.15) is 0 Å². The Kier molecular flexibility index (Phi) is 6.96. The minimum Gasteiger partial charge on any atom is -0.478 e. The number of nitrogens with zero attached hydrogens (tertiary/aromatic N) is 3. The van der Waals surface area contributed by atoms with Crippen LogP contribution in [-0.2, 0) is 9.59 Å². The number of benzene rings is 2. The molecule has 1 aliphatic rings. The lowest BCUT2D eigenvalue weighted by Gasteiger charge is -2.15. The lowest BCUT2D eigenvalue weighted by Crippen LogP contribution is -2.28. The Balaban J connectivity index is 1.88. The number of carbonyl (C=O) groups is 2. The van der Waals surface area contributed by atoms with Crippen LogP contribution in [0.5, 0.6) is 0 Å². The van der Waals surface area contributed by atoms with Crippen molar-refractivity contribution in [2.24, 2.45) is 11.0 Å². The van der Waals surface area contributed by atoms with E-state index in [0.29, 0.717) is 23.4 Å². The maximum absolute atomic E-state index is 13.1. The number of nitro groups is 1. The first-order valence-electron chi connectivity index (χ1n) is 9.65. The first kappa shape index (κ1) is 22.4. The molecule has 1 heterocycles. The summed E-state index contributed by atoms with van der Waals surface area (Å²) in [4.78, 5) is 35.3. The SMILES string of the molecule is CCCC1=NN(c2ccc(Br)cc2)C(=O)C1C/C(=C/c1ccc([N+](=O)[O-])cc1)C(=O)O. The van der Waals surface area contributed by atoms with Crippen molar-refractivity contribution in [1.29, 1.82) is 0 Å². The zero-order chi connectivity index (χ0) is 22.5. The van der Waals surface area contributed by atoms with Crippen molar-refractivity contribution < 1.29 is 19.6 Å². The molecule has 0 fully saturated rings. The number of carboxylic acid groups (broad SMARTS) is 1. The van der Waals surface area contributed by atoms with E-state index in [0.717, 1.165) is 10.9 Å². The summed E-state index contributed by atoms with van der Waals surface area (Å²) in [6.07, 6.45) is 2.77. The van der Waals surface area contributed by atoms with E-state index in [1.165, 1.54) is 35.4 Å². The van der Waals surface area contributed by atoms with Gasteiger partial charge in [-0.05, 0) is 60.9 Å². The lowest BCUT2D eigenvalue weighted by molar-refractivity contribution is -0.384. The van der Waals surface area contributed by atoms with Crippen LogP contribution in [-0.4, -0.2) is 27.6 Å². The molecule has 8 nitrogen and oxygen atoms in total. The first-order chi connectivity index (χ1) is 14.8. The molecule has 0 saturated heterocycles. The molecule has 2 aromatic rings. The molecule has 1 atom stereocenters. The van der Waals surface area contributed by atoms with Crippen molar-refractivity contribution in [2.75, 3.05) is 5.01 Å². The van der Waals surface area contributed by atoms with E-state index in [1.807, 2.05) is 19.1 Å². The van der Waals surface area contributed by atoms with Crippen molar-refractivity contribution in [2.45, 2.75) is 26.2 Å². The van der Waals surface area contributed by atoms with Gasteiger partial charge in [0.2, 0.25) is 0 Å². The summed E-state index contributed by atoms with van der Waals surface area (Å²) in [6.45, 7) is 1.97. The topological polar surface area (TPSA) is 113 Å². The second-order valence-electron chi connectivity index (χ2n) is 7.05. The summed E-state index contributed by atoms with van der Waals surface area (Å²) < 4.78 is 0.872. The number of amides is 1. The second-order valence-corrected chi connectivity index (χ2v) is 7.96. The number of non-ortho nitro benzene ring substituents is 1. The Labute approximate surface area is 187 Å². The third-order valence-corrected chi connectivity index (χ3v) is 5.39. The van der Waals surface area contributed by atoms with Crippen molar-refractivity contribution >= 4 is 51.0 Å². The maximum Gasteiger partial charge on any atom is 0.331 e. The zero-order valence-electron chi connectivity index (χ0n) is 16.7. The van der Waals surface area contributed by atoms with Crippen LogP contribution in [0.1, 0.15) is 31.7 Å². The molecule has 0 aromatic heterocycles. The molecule has 9 heteroatoms. The molecule has 1 aliphatic heterocycles. The number of halogens is 1. The first-order valence-corrected chi connectivity index (χ1v) is 10.4. The van der Waals surface area contributed by atoms with E-state index in [-0.39, 0.29) is 23.6 Å². The summed E-state index contributed by atoms with van der Waals surface area (Å²) >= 11 is 3.36. The quantitative estimate of drug-likeness (QED) is 0.319. The predicted octanol–water partition coefficient (Wildman–Crippen LogP) is 5.03. The summed E-state index contributed by atoms with van der Waals surface area (Å²) in [5, 5.41) is 26.3. The van der Waals surface area contributed by atoms with Gasteiger partial charge in [0.05, 0.1) is 22.2 Å². The van der Waals surface area contributed by atoms with Crippen LogP contribution in [0.25, 0.3) is 6.08 Å². The monoisotopic (exact) mass is 485 g/mol. The smallest absolute Gasteiger partial charge is 0.331 e. The number of hydrogen-bond donors (Lipinski definition) is 1. The van der Waals surface area contributed by atoms with Crippen molar-refractivity contribution in [3.8, 4) is 0 Å². The molecule has 0 bridgehead atoms. The normalized spacial score (nSPS) is 16.4. The largest absolute Gasteiger partial charge is 0.478 e. The van der Waals surface area contributed by atoms with Crippen LogP contribution in [0.3, 0.4) is 0 Å². The van der Waals surface area contributed by atoms with Gasteiger partial charge in [-0.15, -0.1) is 0 Å². The van der Waals surface area contributed by atoms with E-state index in [2.05, 4.69) is 21.0 Å². The highest BCUT2D eigenvalue weighted by atomic mass is 79.9. The predicted molar refractivity (Wildman–Crippen MR) is 121 cm³/mol. The molecule has 1 amide bonds. The zero-order valence-corrected chi connectivity index (χ0v) is 18.3. The average molecular weight is 486 g/mol. The Morgan fingerprint density at radius 3 is 2.42 bits per heavy atom. The Hall–Kier alpha value is -3.33. The van der Waals surface area contributed by atoms with Crippen LogP contribution in [0.15, 0.2) is 63.7 Å². The number of rotatable bonds is 8. The number of hydrogen-bond acceptors (Lipinski definition) is 5. The molecule has 0 aliphatic carbocycles. The average Bonchev–Trinajstić information content (AvgIpc) is 3.04. The third-order valence-electron chi connectivity index (χ3n) is 4.86. The van der Waals surface area contributed by atoms with Crippen LogP contribution in [0.2, 0.25) is 0 Å². The minimum atomic E-state index is -1.15. The van der Waals surface area contributed by atoms with Gasteiger partial charge in [-0.1, -0.05) is 29.3 Å². The minimum absolute atomic E-state index is 0.0168. The van der Waals surface area contributed by atoms with Crippen LogP contribution in [0, 0.1) is 16.0 Å². The van der Waals surface area contributed by atoms with Crippen LogP contribution >= 0.6 is 15.9 Å².